The van der Waals surface area contributed by atoms with Gasteiger partial charge in [-0.15, -0.1) is 0 Å². The van der Waals surface area contributed by atoms with Gasteiger partial charge in [0.15, 0.2) is 6.10 Å². The zero-order valence-electron chi connectivity index (χ0n) is 31.0. The van der Waals surface area contributed by atoms with Crippen molar-refractivity contribution >= 4 is 17.9 Å². The molecule has 0 aromatic heterocycles. The smallest absolute Gasteiger partial charge is 0.306 e. The molecule has 0 aromatic carbocycles. The lowest BCUT2D eigenvalue weighted by molar-refractivity contribution is -0.166. The normalized spacial score (nSPS) is 12.6. The van der Waals surface area contributed by atoms with Gasteiger partial charge in [-0.05, 0) is 70.6 Å². The molecule has 0 amide bonds. The van der Waals surface area contributed by atoms with Crippen LogP contribution in [0.2, 0.25) is 0 Å². The molecule has 1 atom stereocenters. The summed E-state index contributed by atoms with van der Waals surface area (Å²) in [6.07, 6.45) is 42.4. The van der Waals surface area contributed by atoms with Gasteiger partial charge in [-0.1, -0.05) is 139 Å². The van der Waals surface area contributed by atoms with Crippen molar-refractivity contribution in [2.75, 3.05) is 13.2 Å². The summed E-state index contributed by atoms with van der Waals surface area (Å²) in [6, 6.07) is 0. The fourth-order valence-electron chi connectivity index (χ4n) is 4.86. The van der Waals surface area contributed by atoms with Gasteiger partial charge in [0.25, 0.3) is 0 Å². The van der Waals surface area contributed by atoms with Crippen LogP contribution in [0.25, 0.3) is 0 Å². The highest BCUT2D eigenvalue weighted by Crippen LogP contribution is 2.11. The maximum absolute atomic E-state index is 12.6. The Hall–Kier alpha value is -2.89. The van der Waals surface area contributed by atoms with Crippen molar-refractivity contribution in [2.24, 2.45) is 0 Å². The van der Waals surface area contributed by atoms with E-state index in [2.05, 4.69) is 69.4 Å². The highest BCUT2D eigenvalue weighted by molar-refractivity contribution is 5.71. The molecule has 0 radical (unpaired) electrons. The zero-order chi connectivity index (χ0) is 35.2. The second-order valence-electron chi connectivity index (χ2n) is 12.5. The SMILES string of the molecule is CC/C=C\C/C=C\C/C=C\C/C=C\CCC(=O)OCC(COC(=O)CCCCCCC)OC(=O)CCCCCCC/C=C\CCCCC. The second kappa shape index (κ2) is 36.9. The molecule has 0 rings (SSSR count). The Morgan fingerprint density at radius 2 is 0.854 bits per heavy atom. The van der Waals surface area contributed by atoms with E-state index in [4.69, 9.17) is 14.2 Å². The van der Waals surface area contributed by atoms with E-state index in [0.29, 0.717) is 19.3 Å². The molecular weight excluding hydrogens is 600 g/mol. The van der Waals surface area contributed by atoms with E-state index in [-0.39, 0.29) is 37.5 Å². The van der Waals surface area contributed by atoms with Crippen molar-refractivity contribution < 1.29 is 28.6 Å². The molecule has 0 aliphatic rings. The van der Waals surface area contributed by atoms with E-state index in [1.807, 2.05) is 12.2 Å². The van der Waals surface area contributed by atoms with Crippen molar-refractivity contribution in [1.82, 2.24) is 0 Å². The monoisotopic (exact) mass is 671 g/mol. The van der Waals surface area contributed by atoms with Crippen LogP contribution in [0.15, 0.2) is 60.8 Å². The summed E-state index contributed by atoms with van der Waals surface area (Å²) in [5, 5.41) is 0. The van der Waals surface area contributed by atoms with Crippen LogP contribution in [-0.2, 0) is 28.6 Å². The Bertz CT molecular complexity index is 913. The van der Waals surface area contributed by atoms with Gasteiger partial charge >= 0.3 is 17.9 Å². The van der Waals surface area contributed by atoms with Gasteiger partial charge in [0.05, 0.1) is 0 Å². The van der Waals surface area contributed by atoms with Crippen LogP contribution >= 0.6 is 0 Å². The second-order valence-corrected chi connectivity index (χ2v) is 12.5. The van der Waals surface area contributed by atoms with Gasteiger partial charge in [0.1, 0.15) is 13.2 Å². The molecule has 0 aliphatic heterocycles. The molecule has 0 spiro atoms. The first-order valence-electron chi connectivity index (χ1n) is 19.3. The summed E-state index contributed by atoms with van der Waals surface area (Å²) >= 11 is 0. The third kappa shape index (κ3) is 34.4. The molecule has 0 bridgehead atoms. The first-order chi connectivity index (χ1) is 23.5. The summed E-state index contributed by atoms with van der Waals surface area (Å²) in [7, 11) is 0. The number of carbonyl (C=O) groups is 3. The van der Waals surface area contributed by atoms with Gasteiger partial charge in [-0.3, -0.25) is 14.4 Å². The van der Waals surface area contributed by atoms with Gasteiger partial charge in [0, 0.05) is 19.3 Å². The van der Waals surface area contributed by atoms with Gasteiger partial charge < -0.3 is 14.2 Å². The van der Waals surface area contributed by atoms with Crippen LogP contribution in [0.5, 0.6) is 0 Å². The van der Waals surface area contributed by atoms with Crippen LogP contribution in [0.3, 0.4) is 0 Å². The van der Waals surface area contributed by atoms with Crippen LogP contribution in [0, 0.1) is 0 Å². The topological polar surface area (TPSA) is 78.9 Å². The van der Waals surface area contributed by atoms with E-state index in [0.717, 1.165) is 89.9 Å². The quantitative estimate of drug-likeness (QED) is 0.0299. The Kier molecular flexibility index (Phi) is 34.7. The zero-order valence-corrected chi connectivity index (χ0v) is 31.0. The molecule has 6 heteroatoms. The Morgan fingerprint density at radius 3 is 1.44 bits per heavy atom. The van der Waals surface area contributed by atoms with Crippen LogP contribution in [-0.4, -0.2) is 37.2 Å². The first-order valence-corrected chi connectivity index (χ1v) is 19.3. The third-order valence-corrected chi connectivity index (χ3v) is 7.77. The van der Waals surface area contributed by atoms with Gasteiger partial charge in [-0.2, -0.15) is 0 Å². The highest BCUT2D eigenvalue weighted by Gasteiger charge is 2.19. The molecule has 6 nitrogen and oxygen atoms in total. The minimum Gasteiger partial charge on any atom is -0.462 e. The fourth-order valence-corrected chi connectivity index (χ4v) is 4.86. The first kappa shape index (κ1) is 45.1. The number of carbonyl (C=O) groups excluding carboxylic acids is 3. The Morgan fingerprint density at radius 1 is 0.438 bits per heavy atom. The molecule has 274 valence electrons. The molecule has 0 N–H and O–H groups in total. The Labute approximate surface area is 294 Å². The van der Waals surface area contributed by atoms with Crippen molar-refractivity contribution in [2.45, 2.75) is 175 Å². The number of rotatable bonds is 33. The largest absolute Gasteiger partial charge is 0.462 e. The lowest BCUT2D eigenvalue weighted by atomic mass is 10.1. The maximum Gasteiger partial charge on any atom is 0.306 e. The van der Waals surface area contributed by atoms with Crippen molar-refractivity contribution in [3.8, 4) is 0 Å². The average molecular weight is 671 g/mol. The molecule has 0 heterocycles. The van der Waals surface area contributed by atoms with Crippen LogP contribution in [0.4, 0.5) is 0 Å². The maximum atomic E-state index is 12.6. The standard InChI is InChI=1S/C42H70O6/c1-4-7-10-13-15-17-19-21-23-24-26-29-32-35-41(44)47-38-39(37-46-40(43)34-31-28-12-9-6-3)48-42(45)36-33-30-27-25-22-20-18-16-14-11-8-5-2/h7,10,15-18,21,23,26,29,39H,4-6,8-9,11-14,19-20,22,24-25,27-28,30-38H2,1-3H3/b10-7-,17-15-,18-16-,23-21-,29-26-. The van der Waals surface area contributed by atoms with E-state index < -0.39 is 6.10 Å². The van der Waals surface area contributed by atoms with E-state index in [1.54, 1.807) is 0 Å². The molecule has 1 unspecified atom stereocenters. The number of hydrogen-bond donors (Lipinski definition) is 0. The van der Waals surface area contributed by atoms with Crippen molar-refractivity contribution in [1.29, 1.82) is 0 Å². The molecule has 0 saturated carbocycles. The summed E-state index contributed by atoms with van der Waals surface area (Å²) in [5.74, 6) is -1.02. The third-order valence-electron chi connectivity index (χ3n) is 7.77. The summed E-state index contributed by atoms with van der Waals surface area (Å²) in [4.78, 5) is 37.2. The molecule has 0 aliphatic carbocycles. The summed E-state index contributed by atoms with van der Waals surface area (Å²) in [5.41, 5.74) is 0. The molecule has 0 fully saturated rings. The van der Waals surface area contributed by atoms with E-state index >= 15 is 0 Å². The summed E-state index contributed by atoms with van der Waals surface area (Å²) < 4.78 is 16.4. The van der Waals surface area contributed by atoms with E-state index in [1.165, 1.54) is 32.1 Å². The summed E-state index contributed by atoms with van der Waals surface area (Å²) in [6.45, 7) is 6.30. The predicted octanol–water partition coefficient (Wildman–Crippen LogP) is 11.8. The molecule has 0 aromatic rings. The minimum atomic E-state index is -0.799. The van der Waals surface area contributed by atoms with E-state index in [9.17, 15) is 14.4 Å². The number of unbranched alkanes of at least 4 members (excludes halogenated alkanes) is 12. The lowest BCUT2D eigenvalue weighted by Gasteiger charge is -2.18. The van der Waals surface area contributed by atoms with Gasteiger partial charge in [-0.25, -0.2) is 0 Å². The van der Waals surface area contributed by atoms with Crippen LogP contribution < -0.4 is 0 Å². The fraction of sp³-hybridized carbons (Fsp3) is 0.690. The molecular formula is C42H70O6. The number of esters is 3. The molecule has 48 heavy (non-hydrogen) atoms. The number of allylic oxidation sites excluding steroid dienone is 10. The predicted molar refractivity (Wildman–Crippen MR) is 201 cm³/mol. The molecule has 0 saturated heterocycles. The van der Waals surface area contributed by atoms with Gasteiger partial charge in [0.2, 0.25) is 0 Å². The number of ether oxygens (including phenoxy) is 3. The minimum absolute atomic E-state index is 0.102. The Balaban J connectivity index is 4.43. The van der Waals surface area contributed by atoms with Crippen molar-refractivity contribution in [3.05, 3.63) is 60.8 Å². The lowest BCUT2D eigenvalue weighted by Crippen LogP contribution is -2.30. The van der Waals surface area contributed by atoms with Crippen LogP contribution in [0.1, 0.15) is 168 Å². The van der Waals surface area contributed by atoms with Crippen molar-refractivity contribution in [3.63, 3.8) is 0 Å². The highest BCUT2D eigenvalue weighted by atomic mass is 16.6. The number of hydrogen-bond acceptors (Lipinski definition) is 6. The average Bonchev–Trinajstić information content (AvgIpc) is 3.08.